The summed E-state index contributed by atoms with van der Waals surface area (Å²) in [6, 6.07) is 7.41. The van der Waals surface area contributed by atoms with Crippen LogP contribution in [0.15, 0.2) is 30.5 Å². The van der Waals surface area contributed by atoms with Crippen molar-refractivity contribution in [3.8, 4) is 5.75 Å². The van der Waals surface area contributed by atoms with Crippen molar-refractivity contribution in [2.45, 2.75) is 19.9 Å². The number of aromatic carboxylic acids is 1. The number of benzene rings is 1. The number of aryl methyl sites for hydroxylation is 2. The topological polar surface area (TPSA) is 80.6 Å². The van der Waals surface area contributed by atoms with Crippen LogP contribution in [0.5, 0.6) is 5.75 Å². The molecule has 122 valence electrons. The summed E-state index contributed by atoms with van der Waals surface area (Å²) in [6.07, 6.45) is 1.74. The van der Waals surface area contributed by atoms with E-state index in [-0.39, 0.29) is 17.9 Å². The summed E-state index contributed by atoms with van der Waals surface area (Å²) in [7, 11) is 3.33. The number of methoxy groups -OCH3 is 1. The second kappa shape index (κ2) is 7.00. The zero-order valence-corrected chi connectivity index (χ0v) is 13.4. The average Bonchev–Trinajstić information content (AvgIpc) is 2.79. The Balaban J connectivity index is 2.04. The molecule has 0 aliphatic carbocycles. The first kappa shape index (κ1) is 16.6. The monoisotopic (exact) mass is 316 g/mol. The summed E-state index contributed by atoms with van der Waals surface area (Å²) in [5.74, 6) is -0.516. The molecule has 1 heterocycles. The maximum Gasteiger partial charge on any atom is 0.337 e. The first-order valence-corrected chi connectivity index (χ1v) is 7.20. The van der Waals surface area contributed by atoms with E-state index in [2.05, 4.69) is 5.32 Å². The van der Waals surface area contributed by atoms with Gasteiger partial charge in [0.15, 0.2) is 0 Å². The molecule has 0 atom stereocenters. The molecule has 1 amide bonds. The van der Waals surface area contributed by atoms with Crippen molar-refractivity contribution in [2.75, 3.05) is 7.11 Å². The second-order valence-corrected chi connectivity index (χ2v) is 5.35. The van der Waals surface area contributed by atoms with Crippen LogP contribution in [-0.2, 0) is 24.8 Å². The molecule has 0 spiro atoms. The molecule has 1 aromatic carbocycles. The number of hydrogen-bond donors (Lipinski definition) is 2. The molecule has 6 nitrogen and oxygen atoms in total. The van der Waals surface area contributed by atoms with Gasteiger partial charge in [-0.25, -0.2) is 4.79 Å². The van der Waals surface area contributed by atoms with Crippen LogP contribution >= 0.6 is 0 Å². The number of amides is 1. The Hall–Kier alpha value is -2.76. The lowest BCUT2D eigenvalue weighted by molar-refractivity contribution is -0.120. The van der Waals surface area contributed by atoms with Gasteiger partial charge >= 0.3 is 5.97 Å². The van der Waals surface area contributed by atoms with Crippen LogP contribution in [0.2, 0.25) is 0 Å². The largest absolute Gasteiger partial charge is 0.497 e. The Morgan fingerprint density at radius 3 is 2.74 bits per heavy atom. The lowest BCUT2D eigenvalue weighted by atomic mass is 10.1. The van der Waals surface area contributed by atoms with Crippen molar-refractivity contribution in [3.05, 3.63) is 52.8 Å². The molecule has 2 rings (SSSR count). The van der Waals surface area contributed by atoms with Crippen molar-refractivity contribution < 1.29 is 19.4 Å². The quantitative estimate of drug-likeness (QED) is 0.853. The standard InChI is InChI=1S/C17H20N2O4/c1-11-10-19(2)14(16(11)17(21)22)8-15(20)18-9-12-5-4-6-13(7-12)23-3/h4-7,10H,8-9H2,1-3H3,(H,18,20)(H,21,22). The molecule has 0 fully saturated rings. The van der Waals surface area contributed by atoms with Gasteiger partial charge < -0.3 is 19.7 Å². The van der Waals surface area contributed by atoms with Crippen LogP contribution in [-0.4, -0.2) is 28.7 Å². The molecule has 0 bridgehead atoms. The van der Waals surface area contributed by atoms with E-state index in [1.807, 2.05) is 24.3 Å². The second-order valence-electron chi connectivity index (χ2n) is 5.35. The summed E-state index contributed by atoms with van der Waals surface area (Å²) in [6.45, 7) is 2.09. The Morgan fingerprint density at radius 1 is 1.35 bits per heavy atom. The lowest BCUT2D eigenvalue weighted by Gasteiger charge is -2.08. The molecular formula is C17H20N2O4. The third kappa shape index (κ3) is 3.91. The Kier molecular flexibility index (Phi) is 5.05. The fourth-order valence-electron chi connectivity index (χ4n) is 2.54. The number of carbonyl (C=O) groups is 2. The zero-order valence-electron chi connectivity index (χ0n) is 13.4. The van der Waals surface area contributed by atoms with Gasteiger partial charge in [-0.3, -0.25) is 4.79 Å². The van der Waals surface area contributed by atoms with Gasteiger partial charge in [0, 0.05) is 25.5 Å². The fourth-order valence-corrected chi connectivity index (χ4v) is 2.54. The number of carboxylic acids is 1. The van der Waals surface area contributed by atoms with Crippen LogP contribution in [0.3, 0.4) is 0 Å². The van der Waals surface area contributed by atoms with Gasteiger partial charge in [-0.05, 0) is 30.2 Å². The maximum atomic E-state index is 12.1. The predicted molar refractivity (Wildman–Crippen MR) is 85.7 cm³/mol. The highest BCUT2D eigenvalue weighted by molar-refractivity contribution is 5.93. The zero-order chi connectivity index (χ0) is 17.0. The van der Waals surface area contributed by atoms with E-state index in [1.165, 1.54) is 0 Å². The number of ether oxygens (including phenoxy) is 1. The first-order chi connectivity index (χ1) is 10.9. The third-order valence-electron chi connectivity index (χ3n) is 3.66. The molecule has 0 saturated heterocycles. The van der Waals surface area contributed by atoms with Crippen LogP contribution in [0, 0.1) is 6.92 Å². The lowest BCUT2D eigenvalue weighted by Crippen LogP contribution is -2.26. The summed E-state index contributed by atoms with van der Waals surface area (Å²) in [4.78, 5) is 23.5. The van der Waals surface area contributed by atoms with Crippen LogP contribution in [0.1, 0.15) is 27.2 Å². The maximum absolute atomic E-state index is 12.1. The molecule has 23 heavy (non-hydrogen) atoms. The van der Waals surface area contributed by atoms with Crippen molar-refractivity contribution >= 4 is 11.9 Å². The molecule has 0 aliphatic rings. The van der Waals surface area contributed by atoms with Gasteiger partial charge in [-0.1, -0.05) is 12.1 Å². The summed E-state index contributed by atoms with van der Waals surface area (Å²) >= 11 is 0. The van der Waals surface area contributed by atoms with Gasteiger partial charge in [-0.2, -0.15) is 0 Å². The summed E-state index contributed by atoms with van der Waals surface area (Å²) < 4.78 is 6.82. The molecule has 0 saturated carbocycles. The number of aromatic nitrogens is 1. The molecule has 0 aliphatic heterocycles. The molecule has 6 heteroatoms. The van der Waals surface area contributed by atoms with E-state index in [4.69, 9.17) is 4.74 Å². The SMILES string of the molecule is COc1cccc(CNC(=O)Cc2c(C(=O)O)c(C)cn2C)c1. The summed E-state index contributed by atoms with van der Waals surface area (Å²) in [5, 5.41) is 12.1. The van der Waals surface area contributed by atoms with E-state index in [0.29, 0.717) is 17.8 Å². The fraction of sp³-hybridized carbons (Fsp3) is 0.294. The van der Waals surface area contributed by atoms with Gasteiger partial charge in [0.25, 0.3) is 0 Å². The van der Waals surface area contributed by atoms with Crippen LogP contribution in [0.4, 0.5) is 0 Å². The number of carboxylic acid groups (broad SMARTS) is 1. The first-order valence-electron chi connectivity index (χ1n) is 7.20. The Morgan fingerprint density at radius 2 is 2.09 bits per heavy atom. The summed E-state index contributed by atoms with van der Waals surface area (Å²) in [5.41, 5.74) is 2.26. The van der Waals surface area contributed by atoms with E-state index in [1.54, 1.807) is 31.8 Å². The molecular weight excluding hydrogens is 296 g/mol. The minimum Gasteiger partial charge on any atom is -0.497 e. The van der Waals surface area contributed by atoms with E-state index in [0.717, 1.165) is 11.3 Å². The van der Waals surface area contributed by atoms with Gasteiger partial charge in [-0.15, -0.1) is 0 Å². The van der Waals surface area contributed by atoms with E-state index >= 15 is 0 Å². The molecule has 2 aromatic rings. The minimum atomic E-state index is -1.02. The number of nitrogens with zero attached hydrogens (tertiary/aromatic N) is 1. The Bertz CT molecular complexity index is 734. The molecule has 2 N–H and O–H groups in total. The predicted octanol–water partition coefficient (Wildman–Crippen LogP) is 1.90. The van der Waals surface area contributed by atoms with Crippen molar-refractivity contribution in [1.82, 2.24) is 9.88 Å². The average molecular weight is 316 g/mol. The number of nitrogens with one attached hydrogen (secondary N) is 1. The van der Waals surface area contributed by atoms with Gasteiger partial charge in [0.05, 0.1) is 19.1 Å². The van der Waals surface area contributed by atoms with Crippen molar-refractivity contribution in [2.24, 2.45) is 7.05 Å². The highest BCUT2D eigenvalue weighted by Gasteiger charge is 2.19. The van der Waals surface area contributed by atoms with Gasteiger partial charge in [0.2, 0.25) is 5.91 Å². The van der Waals surface area contributed by atoms with Crippen molar-refractivity contribution in [3.63, 3.8) is 0 Å². The molecule has 0 unspecified atom stereocenters. The Labute approximate surface area is 134 Å². The smallest absolute Gasteiger partial charge is 0.337 e. The van der Waals surface area contributed by atoms with Crippen LogP contribution in [0.25, 0.3) is 0 Å². The molecule has 0 radical (unpaired) electrons. The van der Waals surface area contributed by atoms with E-state index < -0.39 is 5.97 Å². The van der Waals surface area contributed by atoms with E-state index in [9.17, 15) is 14.7 Å². The highest BCUT2D eigenvalue weighted by Crippen LogP contribution is 2.17. The van der Waals surface area contributed by atoms with Crippen molar-refractivity contribution in [1.29, 1.82) is 0 Å². The highest BCUT2D eigenvalue weighted by atomic mass is 16.5. The number of carbonyl (C=O) groups excluding carboxylic acids is 1. The number of rotatable bonds is 6. The van der Waals surface area contributed by atoms with Gasteiger partial charge in [0.1, 0.15) is 5.75 Å². The normalized spacial score (nSPS) is 10.4. The minimum absolute atomic E-state index is 0.0238. The van der Waals surface area contributed by atoms with Crippen LogP contribution < -0.4 is 10.1 Å². The molecule has 1 aromatic heterocycles. The number of hydrogen-bond acceptors (Lipinski definition) is 3. The third-order valence-corrected chi connectivity index (χ3v) is 3.66.